The van der Waals surface area contributed by atoms with Crippen LogP contribution in [-0.2, 0) is 10.0 Å². The summed E-state index contributed by atoms with van der Waals surface area (Å²) in [6.45, 7) is 3.50. The molecule has 2 aliphatic carbocycles. The molecule has 24 heavy (non-hydrogen) atoms. The second kappa shape index (κ2) is 6.88. The van der Waals surface area contributed by atoms with E-state index in [2.05, 4.69) is 15.4 Å². The first-order valence-corrected chi connectivity index (χ1v) is 10.6. The largest absolute Gasteiger partial charge is 0.359 e. The Morgan fingerprint density at radius 3 is 2.67 bits per heavy atom. The van der Waals surface area contributed by atoms with E-state index in [4.69, 9.17) is 12.2 Å². The SMILES string of the molecule is CCS(=O)(=O)Nc1ccc(NC(=S)N[C@H]2C[C@H]3CC[C@H]2C3)cc1C. The zero-order valence-corrected chi connectivity index (χ0v) is 15.8. The standard InChI is InChI=1S/C17H25N3O2S2/c1-3-24(21,22)20-15-7-6-14(8-11(15)2)18-17(23)19-16-10-12-4-5-13(16)9-12/h6-8,12-13,16,20H,3-5,9-10H2,1-2H3,(H2,18,19,23)/t12-,13-,16-/m0/s1. The van der Waals surface area contributed by atoms with Crippen LogP contribution in [0.5, 0.6) is 0 Å². The predicted molar refractivity (Wildman–Crippen MR) is 103 cm³/mol. The fraction of sp³-hybridized carbons (Fsp3) is 0.588. The molecule has 5 nitrogen and oxygen atoms in total. The molecule has 7 heteroatoms. The molecule has 2 saturated carbocycles. The van der Waals surface area contributed by atoms with Gasteiger partial charge in [0.25, 0.3) is 0 Å². The summed E-state index contributed by atoms with van der Waals surface area (Å²) in [5.41, 5.74) is 2.33. The van der Waals surface area contributed by atoms with Gasteiger partial charge in [-0.1, -0.05) is 6.42 Å². The van der Waals surface area contributed by atoms with Gasteiger partial charge in [0, 0.05) is 11.7 Å². The normalized spacial score (nSPS) is 25.5. The lowest BCUT2D eigenvalue weighted by molar-refractivity contribution is 0.392. The van der Waals surface area contributed by atoms with E-state index in [0.717, 1.165) is 23.1 Å². The molecule has 2 bridgehead atoms. The van der Waals surface area contributed by atoms with Crippen LogP contribution >= 0.6 is 12.2 Å². The van der Waals surface area contributed by atoms with Crippen LogP contribution in [0.1, 0.15) is 38.2 Å². The van der Waals surface area contributed by atoms with Gasteiger partial charge in [-0.25, -0.2) is 8.42 Å². The third kappa shape index (κ3) is 4.00. The molecule has 3 N–H and O–H groups in total. The number of aryl methyl sites for hydroxylation is 1. The molecule has 132 valence electrons. The van der Waals surface area contributed by atoms with Crippen molar-refractivity contribution in [3.05, 3.63) is 23.8 Å². The van der Waals surface area contributed by atoms with Gasteiger partial charge in [0.05, 0.1) is 11.4 Å². The van der Waals surface area contributed by atoms with Crippen molar-refractivity contribution in [3.63, 3.8) is 0 Å². The minimum atomic E-state index is -3.26. The molecule has 2 fully saturated rings. The maximum absolute atomic E-state index is 11.7. The van der Waals surface area contributed by atoms with E-state index in [9.17, 15) is 8.42 Å². The Morgan fingerprint density at radius 2 is 2.08 bits per heavy atom. The summed E-state index contributed by atoms with van der Waals surface area (Å²) < 4.78 is 26.0. The van der Waals surface area contributed by atoms with E-state index in [1.807, 2.05) is 19.1 Å². The molecule has 3 atom stereocenters. The number of hydrogen-bond acceptors (Lipinski definition) is 3. The fourth-order valence-corrected chi connectivity index (χ4v) is 4.83. The number of fused-ring (bicyclic) bond motifs is 2. The van der Waals surface area contributed by atoms with Crippen molar-refractivity contribution in [1.82, 2.24) is 5.32 Å². The van der Waals surface area contributed by atoms with Crippen molar-refractivity contribution < 1.29 is 8.42 Å². The molecule has 3 rings (SSSR count). The second-order valence-electron chi connectivity index (χ2n) is 6.92. The van der Waals surface area contributed by atoms with Gasteiger partial charge < -0.3 is 10.6 Å². The van der Waals surface area contributed by atoms with Crippen molar-refractivity contribution in [2.45, 2.75) is 45.6 Å². The minimum Gasteiger partial charge on any atom is -0.359 e. The Labute approximate surface area is 149 Å². The van der Waals surface area contributed by atoms with Crippen LogP contribution in [0.2, 0.25) is 0 Å². The van der Waals surface area contributed by atoms with Gasteiger partial charge >= 0.3 is 0 Å². The number of nitrogens with one attached hydrogen (secondary N) is 3. The van der Waals surface area contributed by atoms with Crippen LogP contribution in [0, 0.1) is 18.8 Å². The number of rotatable bonds is 5. The van der Waals surface area contributed by atoms with E-state index >= 15 is 0 Å². The lowest BCUT2D eigenvalue weighted by Gasteiger charge is -2.24. The lowest BCUT2D eigenvalue weighted by atomic mass is 9.96. The summed E-state index contributed by atoms with van der Waals surface area (Å²) in [5.74, 6) is 1.70. The van der Waals surface area contributed by atoms with Crippen LogP contribution in [0.25, 0.3) is 0 Å². The molecule has 2 aliphatic rings. The monoisotopic (exact) mass is 367 g/mol. The summed E-state index contributed by atoms with van der Waals surface area (Å²) in [6, 6.07) is 6.02. The highest BCUT2D eigenvalue weighted by Gasteiger charge is 2.39. The number of hydrogen-bond donors (Lipinski definition) is 3. The van der Waals surface area contributed by atoms with Gasteiger partial charge in [0.1, 0.15) is 0 Å². The topological polar surface area (TPSA) is 70.2 Å². The van der Waals surface area contributed by atoms with Crippen molar-refractivity contribution >= 4 is 38.7 Å². The summed E-state index contributed by atoms with van der Waals surface area (Å²) >= 11 is 5.44. The first-order chi connectivity index (χ1) is 11.4. The maximum Gasteiger partial charge on any atom is 0.232 e. The van der Waals surface area contributed by atoms with Gasteiger partial charge in [0.15, 0.2) is 5.11 Å². The van der Waals surface area contributed by atoms with E-state index in [0.29, 0.717) is 16.8 Å². The molecule has 1 aromatic carbocycles. The van der Waals surface area contributed by atoms with Gasteiger partial charge in [0.2, 0.25) is 10.0 Å². The summed E-state index contributed by atoms with van der Waals surface area (Å²) in [5, 5.41) is 7.31. The summed E-state index contributed by atoms with van der Waals surface area (Å²) in [7, 11) is -3.26. The molecule has 0 heterocycles. The van der Waals surface area contributed by atoms with Gasteiger partial charge in [-0.3, -0.25) is 4.72 Å². The highest BCUT2D eigenvalue weighted by Crippen LogP contribution is 2.44. The average molecular weight is 368 g/mol. The van der Waals surface area contributed by atoms with Crippen LogP contribution < -0.4 is 15.4 Å². The first kappa shape index (κ1) is 17.5. The second-order valence-corrected chi connectivity index (χ2v) is 9.33. The predicted octanol–water partition coefficient (Wildman–Crippen LogP) is 3.23. The Kier molecular flexibility index (Phi) is 5.01. The molecule has 0 spiro atoms. The van der Waals surface area contributed by atoms with Crippen LogP contribution in [-0.4, -0.2) is 25.3 Å². The highest BCUT2D eigenvalue weighted by molar-refractivity contribution is 7.92. The van der Waals surface area contributed by atoms with E-state index in [-0.39, 0.29) is 5.75 Å². The summed E-state index contributed by atoms with van der Waals surface area (Å²) in [4.78, 5) is 0. The lowest BCUT2D eigenvalue weighted by Crippen LogP contribution is -2.40. The molecule has 1 aromatic rings. The highest BCUT2D eigenvalue weighted by atomic mass is 32.2. The average Bonchev–Trinajstić information content (AvgIpc) is 3.12. The van der Waals surface area contributed by atoms with Crippen LogP contribution in [0.3, 0.4) is 0 Å². The van der Waals surface area contributed by atoms with Crippen molar-refractivity contribution in [2.75, 3.05) is 15.8 Å². The third-order valence-corrected chi connectivity index (χ3v) is 6.70. The Morgan fingerprint density at radius 1 is 1.29 bits per heavy atom. The molecule has 0 saturated heterocycles. The van der Waals surface area contributed by atoms with Gasteiger partial charge in [-0.2, -0.15) is 0 Å². The smallest absolute Gasteiger partial charge is 0.232 e. The number of benzene rings is 1. The minimum absolute atomic E-state index is 0.0595. The van der Waals surface area contributed by atoms with Gasteiger partial charge in [-0.15, -0.1) is 0 Å². The van der Waals surface area contributed by atoms with Crippen molar-refractivity contribution in [3.8, 4) is 0 Å². The van der Waals surface area contributed by atoms with Crippen molar-refractivity contribution in [1.29, 1.82) is 0 Å². The zero-order valence-electron chi connectivity index (χ0n) is 14.1. The molecule has 0 unspecified atom stereocenters. The number of thiocarbonyl (C=S) groups is 1. The quantitative estimate of drug-likeness (QED) is 0.697. The Balaban J connectivity index is 1.59. The van der Waals surface area contributed by atoms with E-state index in [1.165, 1.54) is 25.7 Å². The van der Waals surface area contributed by atoms with Crippen molar-refractivity contribution in [2.24, 2.45) is 11.8 Å². The van der Waals surface area contributed by atoms with E-state index < -0.39 is 10.0 Å². The molecular weight excluding hydrogens is 342 g/mol. The number of sulfonamides is 1. The maximum atomic E-state index is 11.7. The molecule has 0 aromatic heterocycles. The molecule has 0 aliphatic heterocycles. The molecule has 0 amide bonds. The number of anilines is 2. The first-order valence-electron chi connectivity index (χ1n) is 8.55. The molecular formula is C17H25N3O2S2. The third-order valence-electron chi connectivity index (χ3n) is 5.18. The zero-order chi connectivity index (χ0) is 17.3. The Bertz CT molecular complexity index is 733. The molecule has 0 radical (unpaired) electrons. The van der Waals surface area contributed by atoms with Crippen LogP contribution in [0.15, 0.2) is 18.2 Å². The van der Waals surface area contributed by atoms with E-state index in [1.54, 1.807) is 13.0 Å². The van der Waals surface area contributed by atoms with Crippen LogP contribution in [0.4, 0.5) is 11.4 Å². The summed E-state index contributed by atoms with van der Waals surface area (Å²) in [6.07, 6.45) is 5.25. The fourth-order valence-electron chi connectivity index (χ4n) is 3.85. The van der Waals surface area contributed by atoms with Gasteiger partial charge in [-0.05, 0) is 80.9 Å². The Hall–Kier alpha value is -1.34.